The van der Waals surface area contributed by atoms with Crippen molar-refractivity contribution in [3.05, 3.63) is 33.7 Å². The van der Waals surface area contributed by atoms with E-state index in [4.69, 9.17) is 4.52 Å². The Hall–Kier alpha value is -1.62. The third-order valence-electron chi connectivity index (χ3n) is 3.67. The molecule has 1 N–H and O–H groups in total. The van der Waals surface area contributed by atoms with Crippen molar-refractivity contribution in [2.75, 3.05) is 5.32 Å². The van der Waals surface area contributed by atoms with E-state index in [2.05, 4.69) is 17.4 Å². The van der Waals surface area contributed by atoms with Crippen molar-refractivity contribution in [2.24, 2.45) is 5.92 Å². The Balaban J connectivity index is 1.76. The molecule has 0 radical (unpaired) electrons. The van der Waals surface area contributed by atoms with Gasteiger partial charge in [-0.25, -0.2) is 0 Å². The Bertz CT molecular complexity index is 574. The van der Waals surface area contributed by atoms with Crippen LogP contribution in [0, 0.1) is 5.92 Å². The summed E-state index contributed by atoms with van der Waals surface area (Å²) in [5.74, 6) is 1.14. The molecule has 1 amide bonds. The number of carbonyl (C=O) groups is 1. The number of rotatable bonds is 3. The van der Waals surface area contributed by atoms with Gasteiger partial charge in [0.25, 0.3) is 5.91 Å². The van der Waals surface area contributed by atoms with E-state index in [-0.39, 0.29) is 5.91 Å². The first-order valence-corrected chi connectivity index (χ1v) is 7.41. The molecule has 0 aliphatic heterocycles. The van der Waals surface area contributed by atoms with Crippen molar-refractivity contribution < 1.29 is 9.32 Å². The van der Waals surface area contributed by atoms with E-state index in [9.17, 15) is 4.79 Å². The molecule has 2 aromatic rings. The molecule has 1 aliphatic rings. The van der Waals surface area contributed by atoms with Gasteiger partial charge in [0, 0.05) is 10.9 Å². The number of aromatic nitrogens is 1. The first kappa shape index (κ1) is 12.4. The molecule has 4 nitrogen and oxygen atoms in total. The zero-order valence-electron chi connectivity index (χ0n) is 10.8. The molecule has 0 aromatic carbocycles. The molecule has 100 valence electrons. The largest absolute Gasteiger partial charge is 0.363 e. The van der Waals surface area contributed by atoms with Gasteiger partial charge in [-0.2, -0.15) is 0 Å². The molecule has 0 bridgehead atoms. The van der Waals surface area contributed by atoms with Crippen LogP contribution in [0.4, 0.5) is 5.82 Å². The SMILES string of the molecule is CC[C@H]1CCc2sc(C(=O)Nc3ccon3)cc2C1. The molecular formula is C14H16N2O2S. The lowest BCUT2D eigenvalue weighted by molar-refractivity contribution is 0.102. The molecule has 0 saturated carbocycles. The van der Waals surface area contributed by atoms with Crippen molar-refractivity contribution in [3.63, 3.8) is 0 Å². The van der Waals surface area contributed by atoms with Gasteiger partial charge in [-0.1, -0.05) is 18.5 Å². The highest BCUT2D eigenvalue weighted by Crippen LogP contribution is 2.33. The Kier molecular flexibility index (Phi) is 3.38. The fourth-order valence-electron chi connectivity index (χ4n) is 2.51. The molecule has 19 heavy (non-hydrogen) atoms. The van der Waals surface area contributed by atoms with Crippen LogP contribution in [-0.2, 0) is 12.8 Å². The van der Waals surface area contributed by atoms with Crippen molar-refractivity contribution in [3.8, 4) is 0 Å². The van der Waals surface area contributed by atoms with E-state index in [0.29, 0.717) is 5.82 Å². The maximum Gasteiger partial charge on any atom is 0.266 e. The van der Waals surface area contributed by atoms with Crippen LogP contribution in [0.2, 0.25) is 0 Å². The van der Waals surface area contributed by atoms with Crippen LogP contribution >= 0.6 is 11.3 Å². The summed E-state index contributed by atoms with van der Waals surface area (Å²) in [6.45, 7) is 2.24. The lowest BCUT2D eigenvalue weighted by Gasteiger charge is -2.19. The second-order valence-electron chi connectivity index (χ2n) is 4.91. The molecule has 1 atom stereocenters. The number of hydrogen-bond donors (Lipinski definition) is 1. The highest BCUT2D eigenvalue weighted by atomic mass is 32.1. The number of carbonyl (C=O) groups excluding carboxylic acids is 1. The molecule has 1 aliphatic carbocycles. The Morgan fingerprint density at radius 2 is 2.53 bits per heavy atom. The number of anilines is 1. The average Bonchev–Trinajstić information content (AvgIpc) is 3.05. The number of fused-ring (bicyclic) bond motifs is 1. The predicted molar refractivity (Wildman–Crippen MR) is 74.6 cm³/mol. The average molecular weight is 276 g/mol. The molecule has 2 aromatic heterocycles. The number of thiophene rings is 1. The highest BCUT2D eigenvalue weighted by Gasteiger charge is 2.22. The topological polar surface area (TPSA) is 55.1 Å². The second kappa shape index (κ2) is 5.17. The lowest BCUT2D eigenvalue weighted by atomic mass is 9.87. The number of nitrogens with zero attached hydrogens (tertiary/aromatic N) is 1. The molecule has 3 rings (SSSR count). The van der Waals surface area contributed by atoms with E-state index < -0.39 is 0 Å². The zero-order chi connectivity index (χ0) is 13.2. The first-order valence-electron chi connectivity index (χ1n) is 6.59. The van der Waals surface area contributed by atoms with Crippen molar-refractivity contribution >= 4 is 23.1 Å². The summed E-state index contributed by atoms with van der Waals surface area (Å²) in [5.41, 5.74) is 1.36. The van der Waals surface area contributed by atoms with Crippen LogP contribution in [0.25, 0.3) is 0 Å². The molecule has 0 fully saturated rings. The van der Waals surface area contributed by atoms with Gasteiger partial charge in [0.15, 0.2) is 5.82 Å². The maximum absolute atomic E-state index is 12.1. The number of hydrogen-bond acceptors (Lipinski definition) is 4. The summed E-state index contributed by atoms with van der Waals surface area (Å²) in [5, 5.41) is 6.43. The van der Waals surface area contributed by atoms with E-state index in [1.165, 1.54) is 29.5 Å². The summed E-state index contributed by atoms with van der Waals surface area (Å²) in [6.07, 6.45) is 6.13. The zero-order valence-corrected chi connectivity index (χ0v) is 11.6. The van der Waals surface area contributed by atoms with Crippen molar-refractivity contribution in [1.82, 2.24) is 5.16 Å². The van der Waals surface area contributed by atoms with Crippen molar-refractivity contribution in [2.45, 2.75) is 32.6 Å². The van der Waals surface area contributed by atoms with Crippen LogP contribution in [0.15, 0.2) is 22.9 Å². The normalized spacial score (nSPS) is 18.1. The quantitative estimate of drug-likeness (QED) is 0.933. The van der Waals surface area contributed by atoms with Gasteiger partial charge < -0.3 is 9.84 Å². The molecule has 0 spiro atoms. The first-order chi connectivity index (χ1) is 9.26. The van der Waals surface area contributed by atoms with Crippen LogP contribution in [0.5, 0.6) is 0 Å². The maximum atomic E-state index is 12.1. The minimum atomic E-state index is -0.0960. The fraction of sp³-hybridized carbons (Fsp3) is 0.429. The van der Waals surface area contributed by atoms with E-state index in [0.717, 1.165) is 23.6 Å². The summed E-state index contributed by atoms with van der Waals surface area (Å²) in [6, 6.07) is 3.68. The van der Waals surface area contributed by atoms with Crippen molar-refractivity contribution in [1.29, 1.82) is 0 Å². The molecular weight excluding hydrogens is 260 g/mol. The van der Waals surface area contributed by atoms with Crippen LogP contribution in [-0.4, -0.2) is 11.1 Å². The monoisotopic (exact) mass is 276 g/mol. The third-order valence-corrected chi connectivity index (χ3v) is 4.90. The minimum absolute atomic E-state index is 0.0960. The standard InChI is InChI=1S/C14H16N2O2S/c1-2-9-3-4-11-10(7-9)8-12(19-11)14(17)15-13-5-6-18-16-13/h5-6,8-9H,2-4,7H2,1H3,(H,15,16,17)/t9-/m0/s1. The summed E-state index contributed by atoms with van der Waals surface area (Å²) in [7, 11) is 0. The third kappa shape index (κ3) is 2.56. The summed E-state index contributed by atoms with van der Waals surface area (Å²) in [4.78, 5) is 14.2. The Morgan fingerprint density at radius 1 is 1.63 bits per heavy atom. The smallest absolute Gasteiger partial charge is 0.266 e. The Morgan fingerprint density at radius 3 is 3.26 bits per heavy atom. The molecule has 5 heteroatoms. The van der Waals surface area contributed by atoms with Crippen LogP contribution in [0.1, 0.15) is 39.9 Å². The highest BCUT2D eigenvalue weighted by molar-refractivity contribution is 7.14. The van der Waals surface area contributed by atoms with E-state index in [1.54, 1.807) is 17.4 Å². The van der Waals surface area contributed by atoms with Gasteiger partial charge in [0.05, 0.1) is 4.88 Å². The summed E-state index contributed by atoms with van der Waals surface area (Å²) >= 11 is 1.61. The van der Waals surface area contributed by atoms with Gasteiger partial charge in [0.2, 0.25) is 0 Å². The summed E-state index contributed by atoms with van der Waals surface area (Å²) < 4.78 is 4.70. The van der Waals surface area contributed by atoms with Gasteiger partial charge >= 0.3 is 0 Å². The molecule has 0 saturated heterocycles. The second-order valence-corrected chi connectivity index (χ2v) is 6.05. The fourth-order valence-corrected chi connectivity index (χ4v) is 3.62. The predicted octanol–water partition coefficient (Wildman–Crippen LogP) is 3.50. The van der Waals surface area contributed by atoms with Gasteiger partial charge in [-0.05, 0) is 36.8 Å². The number of amides is 1. The molecule has 2 heterocycles. The lowest BCUT2D eigenvalue weighted by Crippen LogP contribution is -2.11. The molecule has 0 unspecified atom stereocenters. The number of nitrogens with one attached hydrogen (secondary N) is 1. The number of aryl methyl sites for hydroxylation is 1. The van der Waals surface area contributed by atoms with Crippen LogP contribution < -0.4 is 5.32 Å². The van der Waals surface area contributed by atoms with Gasteiger partial charge in [-0.15, -0.1) is 11.3 Å². The van der Waals surface area contributed by atoms with E-state index in [1.807, 2.05) is 6.07 Å². The van der Waals surface area contributed by atoms with E-state index >= 15 is 0 Å². The van der Waals surface area contributed by atoms with Gasteiger partial charge in [0.1, 0.15) is 6.26 Å². The van der Waals surface area contributed by atoms with Gasteiger partial charge in [-0.3, -0.25) is 4.79 Å². The Labute approximate surface area is 115 Å². The minimum Gasteiger partial charge on any atom is -0.363 e. The van der Waals surface area contributed by atoms with Crippen LogP contribution in [0.3, 0.4) is 0 Å².